The Labute approximate surface area is 116 Å². The molecule has 1 aliphatic carbocycles. The van der Waals surface area contributed by atoms with Crippen LogP contribution in [-0.2, 0) is 6.54 Å². The highest BCUT2D eigenvalue weighted by Crippen LogP contribution is 2.34. The van der Waals surface area contributed by atoms with Crippen LogP contribution in [0.2, 0.25) is 0 Å². The van der Waals surface area contributed by atoms with Crippen molar-refractivity contribution in [3.63, 3.8) is 0 Å². The van der Waals surface area contributed by atoms with Crippen molar-refractivity contribution in [2.24, 2.45) is 0 Å². The Hall–Kier alpha value is -0.320. The zero-order valence-electron chi connectivity index (χ0n) is 10.2. The van der Waals surface area contributed by atoms with Gasteiger partial charge in [0.2, 0.25) is 0 Å². The van der Waals surface area contributed by atoms with Gasteiger partial charge in [0.05, 0.1) is 28.3 Å². The van der Waals surface area contributed by atoms with Crippen molar-refractivity contribution in [2.45, 2.75) is 24.8 Å². The molecule has 0 amide bonds. The highest BCUT2D eigenvalue weighted by atomic mass is 79.9. The first-order valence-corrected chi connectivity index (χ1v) is 7.02. The van der Waals surface area contributed by atoms with Gasteiger partial charge in [0.15, 0.2) is 0 Å². The molecule has 1 aliphatic rings. The Kier molecular flexibility index (Phi) is 4.28. The predicted octanol–water partition coefficient (Wildman–Crippen LogP) is 2.99. The largest absolute Gasteiger partial charge is 0.308 e. The number of halogens is 2. The van der Waals surface area contributed by atoms with Crippen LogP contribution >= 0.6 is 27.5 Å². The molecular weight excluding hydrogens is 302 g/mol. The van der Waals surface area contributed by atoms with E-state index in [2.05, 4.69) is 50.8 Å². The van der Waals surface area contributed by atoms with Crippen LogP contribution in [0.4, 0.5) is 0 Å². The van der Waals surface area contributed by atoms with Crippen LogP contribution in [0.5, 0.6) is 0 Å². The summed E-state index contributed by atoms with van der Waals surface area (Å²) >= 11 is 9.70. The van der Waals surface area contributed by atoms with Gasteiger partial charge in [0.25, 0.3) is 0 Å². The molecule has 0 fully saturated rings. The standard InChI is InChI=1S/C12H17BrClN3/c1-16(2)5-6-17-12(11(13)8-15-17)9-3-4-10(14)7-9/h7-8,10H,3-6H2,1-2H3. The van der Waals surface area contributed by atoms with Gasteiger partial charge in [0, 0.05) is 6.54 Å². The fraction of sp³-hybridized carbons (Fsp3) is 0.583. The molecule has 0 saturated carbocycles. The lowest BCUT2D eigenvalue weighted by Crippen LogP contribution is -2.20. The second kappa shape index (κ2) is 5.55. The summed E-state index contributed by atoms with van der Waals surface area (Å²) in [4.78, 5) is 2.16. The van der Waals surface area contributed by atoms with Crippen molar-refractivity contribution in [2.75, 3.05) is 20.6 Å². The summed E-state index contributed by atoms with van der Waals surface area (Å²) < 4.78 is 3.12. The minimum atomic E-state index is 0.175. The SMILES string of the molecule is CN(C)CCn1ncc(Br)c1C1=CC(Cl)CC1. The highest BCUT2D eigenvalue weighted by molar-refractivity contribution is 9.10. The molecular formula is C12H17BrClN3. The summed E-state index contributed by atoms with van der Waals surface area (Å²) in [5.41, 5.74) is 2.50. The molecule has 0 bridgehead atoms. The van der Waals surface area contributed by atoms with E-state index in [4.69, 9.17) is 11.6 Å². The van der Waals surface area contributed by atoms with Crippen LogP contribution in [0, 0.1) is 0 Å². The zero-order chi connectivity index (χ0) is 12.4. The van der Waals surface area contributed by atoms with Gasteiger partial charge in [-0.25, -0.2) is 0 Å². The fourth-order valence-corrected chi connectivity index (χ4v) is 2.83. The van der Waals surface area contributed by atoms with Crippen LogP contribution in [0.3, 0.4) is 0 Å². The van der Waals surface area contributed by atoms with Crippen LogP contribution in [-0.4, -0.2) is 40.7 Å². The van der Waals surface area contributed by atoms with Gasteiger partial charge in [-0.2, -0.15) is 5.10 Å². The topological polar surface area (TPSA) is 21.1 Å². The molecule has 1 heterocycles. The molecule has 0 aromatic carbocycles. The lowest BCUT2D eigenvalue weighted by Gasteiger charge is -2.12. The van der Waals surface area contributed by atoms with E-state index in [9.17, 15) is 0 Å². The lowest BCUT2D eigenvalue weighted by molar-refractivity contribution is 0.372. The molecule has 1 aromatic rings. The molecule has 94 valence electrons. The van der Waals surface area contributed by atoms with Gasteiger partial charge < -0.3 is 4.90 Å². The van der Waals surface area contributed by atoms with Crippen molar-refractivity contribution in [3.8, 4) is 0 Å². The van der Waals surface area contributed by atoms with E-state index in [0.717, 1.165) is 30.4 Å². The normalized spacial score (nSPS) is 20.1. The monoisotopic (exact) mass is 317 g/mol. The third-order valence-corrected chi connectivity index (χ3v) is 3.85. The molecule has 3 nitrogen and oxygen atoms in total. The molecule has 1 atom stereocenters. The first-order chi connectivity index (χ1) is 8.08. The highest BCUT2D eigenvalue weighted by Gasteiger charge is 2.20. The van der Waals surface area contributed by atoms with Crippen molar-refractivity contribution >= 4 is 33.1 Å². The van der Waals surface area contributed by atoms with E-state index in [-0.39, 0.29) is 5.38 Å². The minimum Gasteiger partial charge on any atom is -0.308 e. The molecule has 0 aliphatic heterocycles. The molecule has 5 heteroatoms. The second-order valence-electron chi connectivity index (χ2n) is 4.61. The first kappa shape index (κ1) is 13.1. The zero-order valence-corrected chi connectivity index (χ0v) is 12.5. The van der Waals surface area contributed by atoms with Crippen molar-refractivity contribution < 1.29 is 0 Å². The Morgan fingerprint density at radius 2 is 2.35 bits per heavy atom. The number of aromatic nitrogens is 2. The smallest absolute Gasteiger partial charge is 0.0782 e. The Bertz CT molecular complexity index is 425. The third kappa shape index (κ3) is 3.12. The minimum absolute atomic E-state index is 0.175. The molecule has 1 aromatic heterocycles. The molecule has 0 radical (unpaired) electrons. The summed E-state index contributed by atoms with van der Waals surface area (Å²) in [7, 11) is 4.14. The number of allylic oxidation sites excluding steroid dienone is 2. The van der Waals surface area contributed by atoms with Gasteiger partial charge >= 0.3 is 0 Å². The lowest BCUT2D eigenvalue weighted by atomic mass is 10.1. The van der Waals surface area contributed by atoms with Crippen LogP contribution < -0.4 is 0 Å². The summed E-state index contributed by atoms with van der Waals surface area (Å²) in [5, 5.41) is 4.59. The third-order valence-electron chi connectivity index (χ3n) is 2.93. The predicted molar refractivity (Wildman–Crippen MR) is 75.3 cm³/mol. The summed E-state index contributed by atoms with van der Waals surface area (Å²) in [6.45, 7) is 1.89. The van der Waals surface area contributed by atoms with Gasteiger partial charge in [-0.15, -0.1) is 11.6 Å². The summed E-state index contributed by atoms with van der Waals surface area (Å²) in [5.74, 6) is 0. The van der Waals surface area contributed by atoms with Gasteiger partial charge in [-0.1, -0.05) is 6.08 Å². The first-order valence-electron chi connectivity index (χ1n) is 5.79. The van der Waals surface area contributed by atoms with Gasteiger partial charge in [-0.05, 0) is 48.4 Å². The van der Waals surface area contributed by atoms with Crippen LogP contribution in [0.1, 0.15) is 18.5 Å². The Morgan fingerprint density at radius 1 is 1.59 bits per heavy atom. The van der Waals surface area contributed by atoms with E-state index in [1.54, 1.807) is 0 Å². The van der Waals surface area contributed by atoms with Gasteiger partial charge in [-0.3, -0.25) is 4.68 Å². The molecule has 1 unspecified atom stereocenters. The van der Waals surface area contributed by atoms with E-state index >= 15 is 0 Å². The summed E-state index contributed by atoms with van der Waals surface area (Å²) in [6, 6.07) is 0. The van der Waals surface area contributed by atoms with Crippen molar-refractivity contribution in [3.05, 3.63) is 22.4 Å². The number of hydrogen-bond donors (Lipinski definition) is 0. The molecule has 0 spiro atoms. The number of hydrogen-bond acceptors (Lipinski definition) is 2. The average molecular weight is 319 g/mol. The quantitative estimate of drug-likeness (QED) is 0.796. The maximum Gasteiger partial charge on any atom is 0.0782 e. The Morgan fingerprint density at radius 3 is 2.94 bits per heavy atom. The van der Waals surface area contributed by atoms with Crippen LogP contribution in [0.15, 0.2) is 16.7 Å². The number of alkyl halides is 1. The number of likely N-dealkylation sites (N-methyl/N-ethyl adjacent to an activating group) is 1. The molecule has 0 N–H and O–H groups in total. The number of nitrogens with zero attached hydrogens (tertiary/aromatic N) is 3. The summed E-state index contributed by atoms with van der Waals surface area (Å²) in [6.07, 6.45) is 6.09. The van der Waals surface area contributed by atoms with Crippen LogP contribution in [0.25, 0.3) is 5.57 Å². The maximum absolute atomic E-state index is 6.13. The van der Waals surface area contributed by atoms with Crippen molar-refractivity contribution in [1.29, 1.82) is 0 Å². The van der Waals surface area contributed by atoms with E-state index in [1.165, 1.54) is 11.3 Å². The molecule has 2 rings (SSSR count). The van der Waals surface area contributed by atoms with E-state index < -0.39 is 0 Å². The second-order valence-corrected chi connectivity index (χ2v) is 6.03. The van der Waals surface area contributed by atoms with Crippen molar-refractivity contribution in [1.82, 2.24) is 14.7 Å². The average Bonchev–Trinajstić information content (AvgIpc) is 2.82. The van der Waals surface area contributed by atoms with Gasteiger partial charge in [0.1, 0.15) is 0 Å². The van der Waals surface area contributed by atoms with E-state index in [0.29, 0.717) is 0 Å². The maximum atomic E-state index is 6.13. The molecule has 0 saturated heterocycles. The Balaban J connectivity index is 2.20. The number of rotatable bonds is 4. The fourth-order valence-electron chi connectivity index (χ4n) is 2.02. The van der Waals surface area contributed by atoms with E-state index in [1.807, 2.05) is 6.20 Å². The molecule has 17 heavy (non-hydrogen) atoms.